The van der Waals surface area contributed by atoms with Crippen molar-refractivity contribution < 1.29 is 22.7 Å². The molecular weight excluding hydrogens is 630 g/mol. The van der Waals surface area contributed by atoms with Gasteiger partial charge < -0.3 is 15.0 Å². The molecule has 3 fully saturated rings. The number of rotatable bonds is 14. The lowest BCUT2D eigenvalue weighted by Gasteiger charge is -2.52. The van der Waals surface area contributed by atoms with E-state index in [0.717, 1.165) is 74.7 Å². The number of carbonyl (C=O) groups excluding carboxylic acids is 2. The quantitative estimate of drug-likeness (QED) is 0.291. The third-order valence-electron chi connectivity index (χ3n) is 10.2. The Morgan fingerprint density at radius 2 is 1.69 bits per heavy atom. The molecule has 2 N–H and O–H groups in total. The highest BCUT2D eigenvalue weighted by Gasteiger charge is 2.53. The number of morpholine rings is 1. The van der Waals surface area contributed by atoms with Crippen LogP contribution in [-0.4, -0.2) is 115 Å². The first kappa shape index (κ1) is 36.4. The van der Waals surface area contributed by atoms with Crippen molar-refractivity contribution in [1.29, 1.82) is 0 Å². The van der Waals surface area contributed by atoms with Gasteiger partial charge in [-0.1, -0.05) is 27.2 Å². The molecule has 0 aliphatic carbocycles. The second-order valence-corrected chi connectivity index (χ2v) is 15.8. The van der Waals surface area contributed by atoms with Crippen molar-refractivity contribution in [3.8, 4) is 5.69 Å². The first-order chi connectivity index (χ1) is 22.9. The second kappa shape index (κ2) is 15.8. The monoisotopic (exact) mass is 685 g/mol. The van der Waals surface area contributed by atoms with E-state index in [1.165, 1.54) is 0 Å². The Balaban J connectivity index is 1.20. The van der Waals surface area contributed by atoms with E-state index >= 15 is 0 Å². The number of amides is 2. The largest absolute Gasteiger partial charge is 0.379 e. The van der Waals surface area contributed by atoms with Crippen molar-refractivity contribution in [1.82, 2.24) is 34.5 Å². The Bertz CT molecular complexity index is 1510. The van der Waals surface area contributed by atoms with Gasteiger partial charge in [-0.2, -0.15) is 5.10 Å². The minimum absolute atomic E-state index is 0.00247. The summed E-state index contributed by atoms with van der Waals surface area (Å²) in [6.07, 6.45) is 4.46. The molecule has 5 rings (SSSR count). The van der Waals surface area contributed by atoms with E-state index in [1.54, 1.807) is 24.3 Å². The van der Waals surface area contributed by atoms with Crippen molar-refractivity contribution in [2.45, 2.75) is 96.2 Å². The van der Waals surface area contributed by atoms with Gasteiger partial charge in [-0.05, 0) is 82.7 Å². The average Bonchev–Trinajstić information content (AvgIpc) is 3.35. The number of carbonyl (C=O) groups is 2. The molecule has 3 aliphatic heterocycles. The summed E-state index contributed by atoms with van der Waals surface area (Å²) in [6, 6.07) is 6.42. The summed E-state index contributed by atoms with van der Waals surface area (Å²) in [7, 11) is -3.61. The van der Waals surface area contributed by atoms with E-state index in [9.17, 15) is 18.0 Å². The number of piperazine rings is 1. The summed E-state index contributed by atoms with van der Waals surface area (Å²) in [6.45, 7) is 17.5. The van der Waals surface area contributed by atoms with Gasteiger partial charge in [0.15, 0.2) is 0 Å². The molecule has 266 valence electrons. The summed E-state index contributed by atoms with van der Waals surface area (Å²) in [5.41, 5.74) is 3.04. The van der Waals surface area contributed by atoms with Crippen molar-refractivity contribution >= 4 is 21.8 Å². The fraction of sp³-hybridized carbons (Fsp3) is 0.686. The number of sulfonamides is 1. The van der Waals surface area contributed by atoms with Crippen LogP contribution >= 0.6 is 0 Å². The van der Waals surface area contributed by atoms with Gasteiger partial charge in [0, 0.05) is 57.1 Å². The van der Waals surface area contributed by atoms with Crippen molar-refractivity contribution in [2.24, 2.45) is 5.92 Å². The number of likely N-dealkylation sites (tertiary alicyclic amines) is 1. The Hall–Kier alpha value is -2.84. The number of benzene rings is 1. The number of aryl methyl sites for hydroxylation is 1. The first-order valence-electron chi connectivity index (χ1n) is 17.8. The summed E-state index contributed by atoms with van der Waals surface area (Å²) in [4.78, 5) is 34.1. The Morgan fingerprint density at radius 3 is 2.33 bits per heavy atom. The number of aromatic nitrogens is 2. The van der Waals surface area contributed by atoms with Gasteiger partial charge >= 0.3 is 0 Å². The van der Waals surface area contributed by atoms with Crippen molar-refractivity contribution in [2.75, 3.05) is 59.0 Å². The number of piperidine rings is 1. The zero-order chi connectivity index (χ0) is 34.5. The smallest absolute Gasteiger partial charge is 0.246 e. The van der Waals surface area contributed by atoms with Crippen LogP contribution in [0.5, 0.6) is 0 Å². The van der Waals surface area contributed by atoms with E-state index in [4.69, 9.17) is 9.84 Å². The standard InChI is InChI=1S/C35H55N7O5S/c1-6-7-17-41-33(43)32(24-26(2)3)37-34(44)35(41)13-18-40(19-14-35)25-31-27(4)38-42(28(31)5)29-9-11-30(12-10-29)48(45,46)36-15-8-16-39-20-22-47-23-21-39/h9-12,26,32,36H,6-8,13-25H2,1-5H3,(H,37,44)/t32-/m0/s1. The minimum Gasteiger partial charge on any atom is -0.379 e. The molecule has 1 spiro atoms. The summed E-state index contributed by atoms with van der Waals surface area (Å²) in [5.74, 6) is 0.383. The number of nitrogens with one attached hydrogen (secondary N) is 2. The predicted molar refractivity (Wildman–Crippen MR) is 185 cm³/mol. The van der Waals surface area contributed by atoms with Crippen LogP contribution in [0, 0.1) is 19.8 Å². The molecule has 12 nitrogen and oxygen atoms in total. The van der Waals surface area contributed by atoms with Crippen LogP contribution in [-0.2, 0) is 30.9 Å². The van der Waals surface area contributed by atoms with Crippen LogP contribution in [0.4, 0.5) is 0 Å². The molecule has 0 saturated carbocycles. The molecule has 13 heteroatoms. The Kier molecular flexibility index (Phi) is 12.0. The molecule has 1 aromatic carbocycles. The lowest BCUT2D eigenvalue weighted by molar-refractivity contribution is -0.161. The Labute approximate surface area is 286 Å². The highest BCUT2D eigenvalue weighted by molar-refractivity contribution is 7.89. The lowest BCUT2D eigenvalue weighted by atomic mass is 9.80. The molecule has 2 aromatic rings. The maximum Gasteiger partial charge on any atom is 0.246 e. The molecule has 0 radical (unpaired) electrons. The van der Waals surface area contributed by atoms with Gasteiger partial charge in [0.05, 0.1) is 29.5 Å². The van der Waals surface area contributed by atoms with Crippen molar-refractivity contribution in [3.05, 3.63) is 41.2 Å². The van der Waals surface area contributed by atoms with E-state index in [1.807, 2.05) is 23.4 Å². The second-order valence-electron chi connectivity index (χ2n) is 14.1. The van der Waals surface area contributed by atoms with E-state index in [-0.39, 0.29) is 16.7 Å². The fourth-order valence-corrected chi connectivity index (χ4v) is 8.36. The van der Waals surface area contributed by atoms with Crippen LogP contribution in [0.1, 0.15) is 76.2 Å². The van der Waals surface area contributed by atoms with Crippen LogP contribution in [0.15, 0.2) is 29.2 Å². The van der Waals surface area contributed by atoms with Gasteiger partial charge in [-0.15, -0.1) is 0 Å². The van der Waals surface area contributed by atoms with Crippen LogP contribution in [0.25, 0.3) is 5.69 Å². The normalized spacial score (nSPS) is 21.0. The molecule has 2 amide bonds. The number of ether oxygens (including phenoxy) is 1. The summed E-state index contributed by atoms with van der Waals surface area (Å²) in [5, 5.41) is 7.92. The molecule has 48 heavy (non-hydrogen) atoms. The first-order valence-corrected chi connectivity index (χ1v) is 19.2. The van der Waals surface area contributed by atoms with Crippen LogP contribution in [0.2, 0.25) is 0 Å². The average molecular weight is 686 g/mol. The highest BCUT2D eigenvalue weighted by atomic mass is 32.2. The van der Waals surface area contributed by atoms with Gasteiger partial charge in [0.2, 0.25) is 21.8 Å². The molecule has 4 heterocycles. The lowest BCUT2D eigenvalue weighted by Crippen LogP contribution is -2.73. The number of unbranched alkanes of at least 4 members (excludes halogenated alkanes) is 1. The van der Waals surface area contributed by atoms with Gasteiger partial charge in [-0.3, -0.25) is 19.4 Å². The van der Waals surface area contributed by atoms with Gasteiger partial charge in [0.1, 0.15) is 11.6 Å². The number of nitrogens with zero attached hydrogens (tertiary/aromatic N) is 5. The molecule has 1 aromatic heterocycles. The van der Waals surface area contributed by atoms with Crippen molar-refractivity contribution in [3.63, 3.8) is 0 Å². The molecule has 0 bridgehead atoms. The summed E-state index contributed by atoms with van der Waals surface area (Å²) < 4.78 is 35.9. The molecule has 3 aliphatic rings. The Morgan fingerprint density at radius 1 is 1.00 bits per heavy atom. The third-order valence-corrected chi connectivity index (χ3v) is 11.7. The zero-order valence-electron chi connectivity index (χ0n) is 29.5. The highest BCUT2D eigenvalue weighted by Crippen LogP contribution is 2.35. The molecule has 0 unspecified atom stereocenters. The molecule has 1 atom stereocenters. The minimum atomic E-state index is -3.61. The maximum atomic E-state index is 13.6. The van der Waals surface area contributed by atoms with Crippen LogP contribution in [0.3, 0.4) is 0 Å². The number of hydrogen-bond donors (Lipinski definition) is 2. The van der Waals surface area contributed by atoms with E-state index < -0.39 is 21.6 Å². The van der Waals surface area contributed by atoms with Gasteiger partial charge in [-0.25, -0.2) is 17.8 Å². The summed E-state index contributed by atoms with van der Waals surface area (Å²) >= 11 is 0. The van der Waals surface area contributed by atoms with Gasteiger partial charge in [0.25, 0.3) is 0 Å². The predicted octanol–water partition coefficient (Wildman–Crippen LogP) is 3.00. The fourth-order valence-electron chi connectivity index (χ4n) is 7.29. The topological polar surface area (TPSA) is 129 Å². The SMILES string of the molecule is CCCCN1C(=O)[C@H](CC(C)C)NC(=O)C12CCN(Cc1c(C)nn(-c3ccc(S(=O)(=O)NCCCN4CCOCC4)cc3)c1C)CC2. The number of hydrogen-bond acceptors (Lipinski definition) is 8. The van der Waals surface area contributed by atoms with E-state index in [2.05, 4.69) is 40.6 Å². The third kappa shape index (κ3) is 8.13. The maximum absolute atomic E-state index is 13.6. The molecular formula is C35H55N7O5S. The zero-order valence-corrected chi connectivity index (χ0v) is 30.3. The van der Waals surface area contributed by atoms with Crippen LogP contribution < -0.4 is 10.0 Å². The molecule has 3 saturated heterocycles. The van der Waals surface area contributed by atoms with E-state index in [0.29, 0.717) is 57.9 Å².